The maximum absolute atomic E-state index is 10.9. The number of aromatic carboxylic acids is 1. The maximum Gasteiger partial charge on any atom is 0.358 e. The van der Waals surface area contributed by atoms with E-state index in [0.717, 1.165) is 16.7 Å². The lowest BCUT2D eigenvalue weighted by Crippen LogP contribution is -1.98. The van der Waals surface area contributed by atoms with Crippen molar-refractivity contribution in [3.63, 3.8) is 0 Å². The van der Waals surface area contributed by atoms with Crippen LogP contribution in [0.15, 0.2) is 22.7 Å². The number of aryl methyl sites for hydroxylation is 1. The number of nitrogens with zero attached hydrogens (tertiary/aromatic N) is 1. The number of hydrogen-bond acceptors (Lipinski definition) is 4. The molecule has 0 amide bonds. The minimum atomic E-state index is -1.11. The van der Waals surface area contributed by atoms with Crippen LogP contribution in [0.4, 0.5) is 0 Å². The number of carboxylic acid groups (broad SMARTS) is 1. The zero-order valence-electron chi connectivity index (χ0n) is 11.9. The molecule has 0 bridgehead atoms. The van der Waals surface area contributed by atoms with Crippen molar-refractivity contribution in [1.29, 1.82) is 0 Å². The Labute approximate surface area is 117 Å². The van der Waals surface area contributed by atoms with Crippen LogP contribution in [0.2, 0.25) is 0 Å². The van der Waals surface area contributed by atoms with Crippen LogP contribution in [0.1, 0.15) is 41.4 Å². The zero-order chi connectivity index (χ0) is 14.9. The fourth-order valence-electron chi connectivity index (χ4n) is 2.19. The Morgan fingerprint density at radius 2 is 2.10 bits per heavy atom. The van der Waals surface area contributed by atoms with Gasteiger partial charge in [0.2, 0.25) is 0 Å². The van der Waals surface area contributed by atoms with Crippen LogP contribution < -0.4 is 4.74 Å². The standard InChI is InChI=1S/C15H17NO4/c1-8(2)10-6-5-9(3)14(19-4)13(10)12-7-11(15(17)18)16-20-12/h5-8H,1-4H3,(H,17,18). The summed E-state index contributed by atoms with van der Waals surface area (Å²) in [5.74, 6) is 0.228. The second-order valence-electron chi connectivity index (χ2n) is 4.92. The number of carbonyl (C=O) groups is 1. The molecule has 0 spiro atoms. The molecule has 0 aliphatic rings. The van der Waals surface area contributed by atoms with Crippen molar-refractivity contribution in [2.24, 2.45) is 0 Å². The van der Waals surface area contributed by atoms with Crippen LogP contribution in [-0.4, -0.2) is 23.3 Å². The van der Waals surface area contributed by atoms with E-state index < -0.39 is 5.97 Å². The smallest absolute Gasteiger partial charge is 0.358 e. The number of benzene rings is 1. The minimum Gasteiger partial charge on any atom is -0.496 e. The molecule has 0 atom stereocenters. The van der Waals surface area contributed by atoms with Crippen LogP contribution >= 0.6 is 0 Å². The summed E-state index contributed by atoms with van der Waals surface area (Å²) in [4.78, 5) is 10.9. The first-order chi connectivity index (χ1) is 9.45. The molecule has 0 aliphatic carbocycles. The lowest BCUT2D eigenvalue weighted by Gasteiger charge is -2.16. The summed E-state index contributed by atoms with van der Waals surface area (Å²) in [6, 6.07) is 5.40. The van der Waals surface area contributed by atoms with Crippen molar-refractivity contribution >= 4 is 5.97 Å². The molecule has 20 heavy (non-hydrogen) atoms. The van der Waals surface area contributed by atoms with Gasteiger partial charge in [0.1, 0.15) is 5.75 Å². The van der Waals surface area contributed by atoms with E-state index in [1.54, 1.807) is 7.11 Å². The van der Waals surface area contributed by atoms with Gasteiger partial charge in [0.25, 0.3) is 0 Å². The minimum absolute atomic E-state index is 0.113. The Bertz CT molecular complexity index is 643. The summed E-state index contributed by atoms with van der Waals surface area (Å²) < 4.78 is 10.6. The third-order valence-corrected chi connectivity index (χ3v) is 3.19. The fourth-order valence-corrected chi connectivity index (χ4v) is 2.19. The normalized spacial score (nSPS) is 10.8. The molecule has 1 aromatic heterocycles. The van der Waals surface area contributed by atoms with Gasteiger partial charge in [0.15, 0.2) is 11.5 Å². The van der Waals surface area contributed by atoms with Crippen molar-refractivity contribution in [2.75, 3.05) is 7.11 Å². The first-order valence-electron chi connectivity index (χ1n) is 6.33. The van der Waals surface area contributed by atoms with Crippen LogP contribution in [0.3, 0.4) is 0 Å². The van der Waals surface area contributed by atoms with Crippen LogP contribution in [0, 0.1) is 6.92 Å². The monoisotopic (exact) mass is 275 g/mol. The molecular formula is C15H17NO4. The summed E-state index contributed by atoms with van der Waals surface area (Å²) >= 11 is 0. The second kappa shape index (κ2) is 5.36. The topological polar surface area (TPSA) is 72.6 Å². The Morgan fingerprint density at radius 3 is 2.60 bits per heavy atom. The number of ether oxygens (including phenoxy) is 1. The average molecular weight is 275 g/mol. The van der Waals surface area contributed by atoms with E-state index in [1.807, 2.05) is 19.1 Å². The summed E-state index contributed by atoms with van der Waals surface area (Å²) in [5, 5.41) is 12.5. The Hall–Kier alpha value is -2.30. The Balaban J connectivity index is 2.68. The van der Waals surface area contributed by atoms with E-state index in [1.165, 1.54) is 6.07 Å². The van der Waals surface area contributed by atoms with E-state index in [9.17, 15) is 4.79 Å². The van der Waals surface area contributed by atoms with E-state index in [0.29, 0.717) is 11.5 Å². The third kappa shape index (κ3) is 2.39. The molecule has 5 nitrogen and oxygen atoms in total. The predicted octanol–water partition coefficient (Wildman–Crippen LogP) is 3.48. The lowest BCUT2D eigenvalue weighted by atomic mass is 9.93. The van der Waals surface area contributed by atoms with Crippen molar-refractivity contribution in [2.45, 2.75) is 26.7 Å². The van der Waals surface area contributed by atoms with Gasteiger partial charge >= 0.3 is 5.97 Å². The Morgan fingerprint density at radius 1 is 1.40 bits per heavy atom. The average Bonchev–Trinajstić information content (AvgIpc) is 2.87. The van der Waals surface area contributed by atoms with E-state index in [2.05, 4.69) is 19.0 Å². The highest BCUT2D eigenvalue weighted by Crippen LogP contribution is 2.39. The number of carboxylic acids is 1. The van der Waals surface area contributed by atoms with Gasteiger partial charge in [-0.3, -0.25) is 0 Å². The number of rotatable bonds is 4. The summed E-state index contributed by atoms with van der Waals surface area (Å²) in [5.41, 5.74) is 2.64. The highest BCUT2D eigenvalue weighted by Gasteiger charge is 2.21. The number of aromatic nitrogens is 1. The van der Waals surface area contributed by atoms with E-state index >= 15 is 0 Å². The molecule has 1 N–H and O–H groups in total. The molecule has 2 rings (SSSR count). The van der Waals surface area contributed by atoms with Crippen molar-refractivity contribution in [3.8, 4) is 17.1 Å². The SMILES string of the molecule is COc1c(C)ccc(C(C)C)c1-c1cc(C(=O)O)no1. The summed E-state index contributed by atoms with van der Waals surface area (Å²) in [6.07, 6.45) is 0. The third-order valence-electron chi connectivity index (χ3n) is 3.19. The molecule has 106 valence electrons. The molecule has 0 fully saturated rings. The predicted molar refractivity (Wildman–Crippen MR) is 74.3 cm³/mol. The molecule has 1 heterocycles. The molecule has 0 radical (unpaired) electrons. The van der Waals surface area contributed by atoms with Crippen molar-refractivity contribution in [1.82, 2.24) is 5.16 Å². The lowest BCUT2D eigenvalue weighted by molar-refractivity contribution is 0.0686. The largest absolute Gasteiger partial charge is 0.496 e. The highest BCUT2D eigenvalue weighted by atomic mass is 16.5. The van der Waals surface area contributed by atoms with Crippen LogP contribution in [0.5, 0.6) is 5.75 Å². The quantitative estimate of drug-likeness (QED) is 0.924. The van der Waals surface area contributed by atoms with Gasteiger partial charge in [-0.15, -0.1) is 0 Å². The molecule has 0 aliphatic heterocycles. The highest BCUT2D eigenvalue weighted by molar-refractivity contribution is 5.87. The first-order valence-corrected chi connectivity index (χ1v) is 6.33. The Kier molecular flexibility index (Phi) is 3.79. The molecule has 0 unspecified atom stereocenters. The molecule has 0 saturated carbocycles. The van der Waals surface area contributed by atoms with Crippen molar-refractivity contribution in [3.05, 3.63) is 35.0 Å². The van der Waals surface area contributed by atoms with Crippen LogP contribution in [0.25, 0.3) is 11.3 Å². The van der Waals surface area contributed by atoms with E-state index in [-0.39, 0.29) is 11.6 Å². The summed E-state index contributed by atoms with van der Waals surface area (Å²) in [7, 11) is 1.59. The zero-order valence-corrected chi connectivity index (χ0v) is 11.9. The fraction of sp³-hybridized carbons (Fsp3) is 0.333. The number of hydrogen-bond donors (Lipinski definition) is 1. The number of methoxy groups -OCH3 is 1. The van der Waals surface area contributed by atoms with Crippen LogP contribution in [-0.2, 0) is 0 Å². The molecule has 0 saturated heterocycles. The van der Waals surface area contributed by atoms with Gasteiger partial charge < -0.3 is 14.4 Å². The van der Waals surface area contributed by atoms with Gasteiger partial charge in [0.05, 0.1) is 12.7 Å². The van der Waals surface area contributed by atoms with Gasteiger partial charge in [-0.05, 0) is 24.0 Å². The second-order valence-corrected chi connectivity index (χ2v) is 4.92. The van der Waals surface area contributed by atoms with Crippen molar-refractivity contribution < 1.29 is 19.2 Å². The molecule has 1 aromatic carbocycles. The van der Waals surface area contributed by atoms with Gasteiger partial charge in [0, 0.05) is 6.07 Å². The van der Waals surface area contributed by atoms with Gasteiger partial charge in [-0.2, -0.15) is 0 Å². The maximum atomic E-state index is 10.9. The summed E-state index contributed by atoms with van der Waals surface area (Å²) in [6.45, 7) is 6.05. The van der Waals surface area contributed by atoms with Gasteiger partial charge in [-0.1, -0.05) is 31.1 Å². The molecular weight excluding hydrogens is 258 g/mol. The molecule has 2 aromatic rings. The first kappa shape index (κ1) is 14.1. The molecule has 5 heteroatoms. The van der Waals surface area contributed by atoms with Gasteiger partial charge in [-0.25, -0.2) is 4.79 Å². The van der Waals surface area contributed by atoms with E-state index in [4.69, 9.17) is 14.4 Å².